The summed E-state index contributed by atoms with van der Waals surface area (Å²) in [4.78, 5) is 0. The Morgan fingerprint density at radius 3 is 2.20 bits per heavy atom. The Morgan fingerprint density at radius 2 is 1.90 bits per heavy atom. The van der Waals surface area contributed by atoms with E-state index in [0.717, 1.165) is 12.8 Å². The Labute approximate surface area is 61.8 Å². The molecular weight excluding hydrogens is 128 g/mol. The van der Waals surface area contributed by atoms with Crippen molar-refractivity contribution < 1.29 is 5.11 Å². The first-order valence-electron chi connectivity index (χ1n) is 3.80. The molecular formula is C7H16N2O. The van der Waals surface area contributed by atoms with Crippen molar-refractivity contribution >= 4 is 0 Å². The third-order valence-corrected chi connectivity index (χ3v) is 2.31. The molecule has 0 aromatic carbocycles. The van der Waals surface area contributed by atoms with E-state index in [1.165, 1.54) is 0 Å². The van der Waals surface area contributed by atoms with E-state index in [1.54, 1.807) is 0 Å². The Hall–Kier alpha value is -0.120. The highest BCUT2D eigenvalue weighted by molar-refractivity contribution is 4.90. The molecule has 3 nitrogen and oxygen atoms in total. The van der Waals surface area contributed by atoms with Crippen molar-refractivity contribution in [1.82, 2.24) is 10.6 Å². The molecule has 3 N–H and O–H groups in total. The molecule has 0 saturated heterocycles. The fraction of sp³-hybridized carbons (Fsp3) is 1.00. The zero-order valence-corrected chi connectivity index (χ0v) is 6.59. The van der Waals surface area contributed by atoms with Gasteiger partial charge >= 0.3 is 0 Å². The summed E-state index contributed by atoms with van der Waals surface area (Å²) in [5.41, 5.74) is 0. The second kappa shape index (κ2) is 3.32. The van der Waals surface area contributed by atoms with E-state index >= 15 is 0 Å². The van der Waals surface area contributed by atoms with Crippen LogP contribution < -0.4 is 10.6 Å². The summed E-state index contributed by atoms with van der Waals surface area (Å²) in [6.07, 6.45) is 1.75. The standard InChI is InChI=1S/C7H16N2O/c1-8-5-3-6(9-2)7(10)4-5/h5-10H,3-4H2,1-2H3/t5-,6+,7-/m1/s1. The van der Waals surface area contributed by atoms with Crippen LogP contribution >= 0.6 is 0 Å². The number of aliphatic hydroxyl groups excluding tert-OH is 1. The van der Waals surface area contributed by atoms with Gasteiger partial charge in [-0.05, 0) is 26.9 Å². The van der Waals surface area contributed by atoms with Gasteiger partial charge in [-0.3, -0.25) is 0 Å². The number of likely N-dealkylation sites (N-methyl/N-ethyl adjacent to an activating group) is 1. The predicted octanol–water partition coefficient (Wildman–Crippen LogP) is -0.683. The molecule has 60 valence electrons. The van der Waals surface area contributed by atoms with Crippen LogP contribution in [0.1, 0.15) is 12.8 Å². The van der Waals surface area contributed by atoms with Crippen LogP contribution in [0.2, 0.25) is 0 Å². The highest BCUT2D eigenvalue weighted by Gasteiger charge is 2.30. The van der Waals surface area contributed by atoms with Crippen molar-refractivity contribution in [2.45, 2.75) is 31.0 Å². The van der Waals surface area contributed by atoms with Crippen LogP contribution in [0.3, 0.4) is 0 Å². The van der Waals surface area contributed by atoms with E-state index in [4.69, 9.17) is 0 Å². The van der Waals surface area contributed by atoms with E-state index in [1.807, 2.05) is 14.1 Å². The smallest absolute Gasteiger partial charge is 0.0708 e. The second-order valence-electron chi connectivity index (χ2n) is 2.92. The Bertz CT molecular complexity index is 108. The minimum Gasteiger partial charge on any atom is -0.391 e. The maximum Gasteiger partial charge on any atom is 0.0708 e. The summed E-state index contributed by atoms with van der Waals surface area (Å²) in [5.74, 6) is 0. The summed E-state index contributed by atoms with van der Waals surface area (Å²) < 4.78 is 0. The van der Waals surface area contributed by atoms with Crippen LogP contribution in [-0.4, -0.2) is 37.4 Å². The van der Waals surface area contributed by atoms with Crippen LogP contribution in [0.25, 0.3) is 0 Å². The quantitative estimate of drug-likeness (QED) is 0.481. The van der Waals surface area contributed by atoms with Gasteiger partial charge in [-0.2, -0.15) is 0 Å². The summed E-state index contributed by atoms with van der Waals surface area (Å²) in [5, 5.41) is 15.6. The van der Waals surface area contributed by atoms with Crippen LogP contribution in [0, 0.1) is 0 Å². The molecule has 0 aliphatic heterocycles. The highest BCUT2D eigenvalue weighted by atomic mass is 16.3. The topological polar surface area (TPSA) is 44.3 Å². The monoisotopic (exact) mass is 144 g/mol. The zero-order valence-electron chi connectivity index (χ0n) is 6.59. The van der Waals surface area contributed by atoms with Crippen molar-refractivity contribution in [3.8, 4) is 0 Å². The summed E-state index contributed by atoms with van der Waals surface area (Å²) >= 11 is 0. The SMILES string of the molecule is CN[C@H]1C[C@@H](O)[C@@H](NC)C1. The molecule has 0 radical (unpaired) electrons. The molecule has 0 heterocycles. The maximum atomic E-state index is 9.39. The first kappa shape index (κ1) is 7.98. The lowest BCUT2D eigenvalue weighted by atomic mass is 10.2. The minimum absolute atomic E-state index is 0.164. The molecule has 1 aliphatic rings. The normalized spacial score (nSPS) is 40.5. The first-order chi connectivity index (χ1) is 4.77. The molecule has 0 unspecified atom stereocenters. The highest BCUT2D eigenvalue weighted by Crippen LogP contribution is 2.18. The van der Waals surface area contributed by atoms with Crippen LogP contribution in [0.4, 0.5) is 0 Å². The summed E-state index contributed by atoms with van der Waals surface area (Å²) in [6.45, 7) is 0. The number of hydrogen-bond acceptors (Lipinski definition) is 3. The second-order valence-corrected chi connectivity index (χ2v) is 2.92. The maximum absolute atomic E-state index is 9.39. The van der Waals surface area contributed by atoms with Crippen LogP contribution in [0.5, 0.6) is 0 Å². The average Bonchev–Trinajstić information content (AvgIpc) is 2.30. The molecule has 1 fully saturated rings. The zero-order chi connectivity index (χ0) is 7.56. The van der Waals surface area contributed by atoms with E-state index in [0.29, 0.717) is 6.04 Å². The van der Waals surface area contributed by atoms with Crippen molar-refractivity contribution in [2.75, 3.05) is 14.1 Å². The molecule has 3 atom stereocenters. The molecule has 10 heavy (non-hydrogen) atoms. The average molecular weight is 144 g/mol. The Kier molecular flexibility index (Phi) is 2.65. The number of aliphatic hydroxyl groups is 1. The summed E-state index contributed by atoms with van der Waals surface area (Å²) in [7, 11) is 3.83. The van der Waals surface area contributed by atoms with Crippen molar-refractivity contribution in [3.63, 3.8) is 0 Å². The van der Waals surface area contributed by atoms with Gasteiger partial charge in [-0.15, -0.1) is 0 Å². The van der Waals surface area contributed by atoms with Crippen LogP contribution in [0.15, 0.2) is 0 Å². The number of rotatable bonds is 2. The number of nitrogens with one attached hydrogen (secondary N) is 2. The lowest BCUT2D eigenvalue weighted by Gasteiger charge is -2.11. The minimum atomic E-state index is -0.164. The third kappa shape index (κ3) is 1.48. The third-order valence-electron chi connectivity index (χ3n) is 2.31. The van der Waals surface area contributed by atoms with Gasteiger partial charge in [-0.25, -0.2) is 0 Å². The Balaban J connectivity index is 2.36. The van der Waals surface area contributed by atoms with Gasteiger partial charge in [0.05, 0.1) is 6.10 Å². The lowest BCUT2D eigenvalue weighted by molar-refractivity contribution is 0.151. The van der Waals surface area contributed by atoms with Crippen molar-refractivity contribution in [2.24, 2.45) is 0 Å². The molecule has 1 aliphatic carbocycles. The van der Waals surface area contributed by atoms with Gasteiger partial charge in [0.1, 0.15) is 0 Å². The van der Waals surface area contributed by atoms with Gasteiger partial charge in [-0.1, -0.05) is 0 Å². The lowest BCUT2D eigenvalue weighted by Crippen LogP contribution is -2.32. The van der Waals surface area contributed by atoms with Gasteiger partial charge in [0.2, 0.25) is 0 Å². The van der Waals surface area contributed by atoms with Gasteiger partial charge in [0.25, 0.3) is 0 Å². The van der Waals surface area contributed by atoms with E-state index in [9.17, 15) is 5.11 Å². The van der Waals surface area contributed by atoms with E-state index in [2.05, 4.69) is 10.6 Å². The summed E-state index contributed by atoms with van der Waals surface area (Å²) in [6, 6.07) is 0.782. The van der Waals surface area contributed by atoms with Crippen molar-refractivity contribution in [3.05, 3.63) is 0 Å². The molecule has 0 spiro atoms. The molecule has 0 aromatic rings. The van der Waals surface area contributed by atoms with Gasteiger partial charge in [0.15, 0.2) is 0 Å². The van der Waals surface area contributed by atoms with Crippen molar-refractivity contribution in [1.29, 1.82) is 0 Å². The number of hydrogen-bond donors (Lipinski definition) is 3. The molecule has 3 heteroatoms. The molecule has 0 bridgehead atoms. The molecule has 1 rings (SSSR count). The molecule has 1 saturated carbocycles. The predicted molar refractivity (Wildman–Crippen MR) is 40.9 cm³/mol. The van der Waals surface area contributed by atoms with E-state index < -0.39 is 0 Å². The fourth-order valence-corrected chi connectivity index (χ4v) is 1.56. The molecule has 0 amide bonds. The van der Waals surface area contributed by atoms with Crippen LogP contribution in [-0.2, 0) is 0 Å². The molecule has 0 aromatic heterocycles. The first-order valence-corrected chi connectivity index (χ1v) is 3.80. The Morgan fingerprint density at radius 1 is 1.20 bits per heavy atom. The largest absolute Gasteiger partial charge is 0.391 e. The fourth-order valence-electron chi connectivity index (χ4n) is 1.56. The van der Waals surface area contributed by atoms with Gasteiger partial charge < -0.3 is 15.7 Å². The van der Waals surface area contributed by atoms with E-state index in [-0.39, 0.29) is 12.1 Å². The van der Waals surface area contributed by atoms with Gasteiger partial charge in [0, 0.05) is 12.1 Å².